The summed E-state index contributed by atoms with van der Waals surface area (Å²) in [4.78, 5) is 23.5. The minimum atomic E-state index is -0.612. The fraction of sp³-hybridized carbons (Fsp3) is 0.889. The summed E-state index contributed by atoms with van der Waals surface area (Å²) in [6.07, 6.45) is 3.11. The van der Waals surface area contributed by atoms with Crippen LogP contribution in [0.2, 0.25) is 0 Å². The Morgan fingerprint density at radius 2 is 1.88 bits per heavy atom. The van der Waals surface area contributed by atoms with Crippen LogP contribution in [0.3, 0.4) is 0 Å². The molecule has 2 atom stereocenters. The maximum atomic E-state index is 12.6. The van der Waals surface area contributed by atoms with Crippen molar-refractivity contribution in [2.75, 3.05) is 64.4 Å². The second kappa shape index (κ2) is 8.80. The summed E-state index contributed by atoms with van der Waals surface area (Å²) < 4.78 is 0. The second-order valence-electron chi connectivity index (χ2n) is 7.66. The number of amides is 1. The summed E-state index contributed by atoms with van der Waals surface area (Å²) >= 11 is 1.81. The third kappa shape index (κ3) is 4.64. The molecule has 3 aliphatic rings. The molecule has 7 nitrogen and oxygen atoms in total. The SMILES string of the molecule is CN=C(NCC1(O)CCSC1)N1CCN(C(C)C(=O)N2CCCC2)CC1. The first-order valence-electron chi connectivity index (χ1n) is 9.81. The third-order valence-electron chi connectivity index (χ3n) is 5.81. The maximum Gasteiger partial charge on any atom is 0.239 e. The first-order chi connectivity index (χ1) is 12.5. The molecule has 3 saturated heterocycles. The van der Waals surface area contributed by atoms with Crippen molar-refractivity contribution >= 4 is 23.6 Å². The van der Waals surface area contributed by atoms with Gasteiger partial charge in [0.05, 0.1) is 11.6 Å². The molecule has 148 valence electrons. The lowest BCUT2D eigenvalue weighted by atomic mass is 10.0. The summed E-state index contributed by atoms with van der Waals surface area (Å²) in [6, 6.07) is -0.0403. The molecule has 2 unspecified atom stereocenters. The molecule has 0 aromatic rings. The zero-order chi connectivity index (χ0) is 18.6. The number of likely N-dealkylation sites (tertiary alicyclic amines) is 1. The van der Waals surface area contributed by atoms with Gasteiger partial charge in [0, 0.05) is 58.6 Å². The number of nitrogens with zero attached hydrogens (tertiary/aromatic N) is 4. The van der Waals surface area contributed by atoms with Gasteiger partial charge in [-0.25, -0.2) is 0 Å². The molecule has 2 N–H and O–H groups in total. The predicted octanol–water partition coefficient (Wildman–Crippen LogP) is 0.0583. The number of rotatable bonds is 4. The fourth-order valence-corrected chi connectivity index (χ4v) is 5.29. The summed E-state index contributed by atoms with van der Waals surface area (Å²) in [5.41, 5.74) is -0.612. The van der Waals surface area contributed by atoms with Gasteiger partial charge >= 0.3 is 0 Å². The number of nitrogens with one attached hydrogen (secondary N) is 1. The van der Waals surface area contributed by atoms with Crippen LogP contribution in [-0.2, 0) is 4.79 Å². The number of aliphatic imine (C=N–C) groups is 1. The van der Waals surface area contributed by atoms with E-state index in [2.05, 4.69) is 20.1 Å². The second-order valence-corrected chi connectivity index (χ2v) is 8.76. The van der Waals surface area contributed by atoms with Gasteiger partial charge in [0.25, 0.3) is 0 Å². The minimum absolute atomic E-state index is 0.0403. The lowest BCUT2D eigenvalue weighted by molar-refractivity contribution is -0.135. The average molecular weight is 384 g/mol. The van der Waals surface area contributed by atoms with Crippen LogP contribution in [0.25, 0.3) is 0 Å². The molecule has 0 aliphatic carbocycles. The number of hydrogen-bond donors (Lipinski definition) is 2. The number of thioether (sulfide) groups is 1. The van der Waals surface area contributed by atoms with Crippen LogP contribution in [0.4, 0.5) is 0 Å². The van der Waals surface area contributed by atoms with Crippen molar-refractivity contribution in [3.8, 4) is 0 Å². The number of guanidine groups is 1. The van der Waals surface area contributed by atoms with Gasteiger partial charge in [0.2, 0.25) is 5.91 Å². The molecular weight excluding hydrogens is 350 g/mol. The molecule has 3 heterocycles. The van der Waals surface area contributed by atoms with Crippen molar-refractivity contribution in [2.24, 2.45) is 4.99 Å². The van der Waals surface area contributed by atoms with E-state index < -0.39 is 5.60 Å². The average Bonchev–Trinajstić information content (AvgIpc) is 3.34. The Balaban J connectivity index is 1.46. The van der Waals surface area contributed by atoms with Crippen molar-refractivity contribution in [3.05, 3.63) is 0 Å². The molecule has 3 aliphatic heterocycles. The van der Waals surface area contributed by atoms with Crippen LogP contribution in [0.1, 0.15) is 26.2 Å². The Morgan fingerprint density at radius 1 is 1.19 bits per heavy atom. The third-order valence-corrected chi connectivity index (χ3v) is 7.04. The van der Waals surface area contributed by atoms with E-state index in [9.17, 15) is 9.90 Å². The summed E-state index contributed by atoms with van der Waals surface area (Å²) in [7, 11) is 1.79. The first kappa shape index (κ1) is 19.8. The molecule has 3 fully saturated rings. The van der Waals surface area contributed by atoms with Crippen LogP contribution >= 0.6 is 11.8 Å². The molecule has 0 bridgehead atoms. The number of carbonyl (C=O) groups excluding carboxylic acids is 1. The smallest absolute Gasteiger partial charge is 0.239 e. The highest BCUT2D eigenvalue weighted by Gasteiger charge is 2.33. The maximum absolute atomic E-state index is 12.6. The molecular formula is C18H33N5O2S. The van der Waals surface area contributed by atoms with Gasteiger partial charge in [-0.3, -0.25) is 14.7 Å². The van der Waals surface area contributed by atoms with Crippen molar-refractivity contribution < 1.29 is 9.90 Å². The zero-order valence-corrected chi connectivity index (χ0v) is 16.9. The van der Waals surface area contributed by atoms with Gasteiger partial charge in [-0.1, -0.05) is 0 Å². The number of hydrogen-bond acceptors (Lipinski definition) is 5. The molecule has 0 aromatic heterocycles. The molecule has 3 rings (SSSR count). The summed E-state index contributed by atoms with van der Waals surface area (Å²) in [6.45, 7) is 7.85. The van der Waals surface area contributed by atoms with Crippen molar-refractivity contribution in [1.29, 1.82) is 0 Å². The predicted molar refractivity (Wildman–Crippen MR) is 107 cm³/mol. The Morgan fingerprint density at radius 3 is 2.46 bits per heavy atom. The highest BCUT2D eigenvalue weighted by molar-refractivity contribution is 7.99. The Bertz CT molecular complexity index is 510. The first-order valence-corrected chi connectivity index (χ1v) is 11.0. The van der Waals surface area contributed by atoms with Crippen LogP contribution in [0.5, 0.6) is 0 Å². The fourth-order valence-electron chi connectivity index (χ4n) is 3.99. The van der Waals surface area contributed by atoms with Crippen LogP contribution in [0.15, 0.2) is 4.99 Å². The number of carbonyl (C=O) groups is 1. The van der Waals surface area contributed by atoms with Crippen LogP contribution in [-0.4, -0.2) is 108 Å². The highest BCUT2D eigenvalue weighted by atomic mass is 32.2. The van der Waals surface area contributed by atoms with Crippen molar-refractivity contribution in [1.82, 2.24) is 20.0 Å². The van der Waals surface area contributed by atoms with E-state index in [1.54, 1.807) is 18.8 Å². The van der Waals surface area contributed by atoms with Gasteiger partial charge in [-0.15, -0.1) is 0 Å². The van der Waals surface area contributed by atoms with Gasteiger partial charge < -0.3 is 20.2 Å². The molecule has 0 saturated carbocycles. The van der Waals surface area contributed by atoms with E-state index >= 15 is 0 Å². The van der Waals surface area contributed by atoms with E-state index in [1.807, 2.05) is 11.8 Å². The molecule has 1 amide bonds. The van der Waals surface area contributed by atoms with Gasteiger partial charge in [-0.05, 0) is 31.9 Å². The topological polar surface area (TPSA) is 71.4 Å². The van der Waals surface area contributed by atoms with Gasteiger partial charge in [0.1, 0.15) is 0 Å². The van der Waals surface area contributed by atoms with Gasteiger partial charge in [-0.2, -0.15) is 11.8 Å². The lowest BCUT2D eigenvalue weighted by Crippen LogP contribution is -2.58. The van der Waals surface area contributed by atoms with E-state index in [0.29, 0.717) is 6.54 Å². The largest absolute Gasteiger partial charge is 0.387 e. The van der Waals surface area contributed by atoms with Crippen LogP contribution < -0.4 is 5.32 Å². The summed E-state index contributed by atoms with van der Waals surface area (Å²) in [5.74, 6) is 2.95. The monoisotopic (exact) mass is 383 g/mol. The van der Waals surface area contributed by atoms with Crippen LogP contribution in [0, 0.1) is 0 Å². The molecule has 26 heavy (non-hydrogen) atoms. The normalized spacial score (nSPS) is 29.3. The standard InChI is InChI=1S/C18H33N5O2S/c1-15(16(24)22-6-3-4-7-22)21-8-10-23(11-9-21)17(19-2)20-13-18(25)5-12-26-14-18/h15,25H,3-14H2,1-2H3,(H,19,20). The molecule has 0 radical (unpaired) electrons. The molecule has 0 spiro atoms. The van der Waals surface area contributed by atoms with Gasteiger partial charge in [0.15, 0.2) is 5.96 Å². The summed E-state index contributed by atoms with van der Waals surface area (Å²) in [5, 5.41) is 13.9. The number of aliphatic hydroxyl groups is 1. The van der Waals surface area contributed by atoms with E-state index in [1.165, 1.54) is 0 Å². The quantitative estimate of drug-likeness (QED) is 0.528. The van der Waals surface area contributed by atoms with Crippen molar-refractivity contribution in [2.45, 2.75) is 37.8 Å². The lowest BCUT2D eigenvalue weighted by Gasteiger charge is -2.40. The van der Waals surface area contributed by atoms with E-state index in [0.717, 1.165) is 76.0 Å². The minimum Gasteiger partial charge on any atom is -0.387 e. The van der Waals surface area contributed by atoms with Crippen molar-refractivity contribution in [3.63, 3.8) is 0 Å². The zero-order valence-electron chi connectivity index (χ0n) is 16.1. The van der Waals surface area contributed by atoms with E-state index in [4.69, 9.17) is 0 Å². The molecule has 0 aromatic carbocycles. The number of piperazine rings is 1. The highest BCUT2D eigenvalue weighted by Crippen LogP contribution is 2.27. The molecule has 8 heteroatoms. The van der Waals surface area contributed by atoms with E-state index in [-0.39, 0.29) is 11.9 Å². The Kier molecular flexibility index (Phi) is 6.69. The Hall–Kier alpha value is -0.990. The Labute approximate surface area is 161 Å².